The number of rotatable bonds is 5. The topological polar surface area (TPSA) is 43.4 Å². The Morgan fingerprint density at radius 3 is 2.45 bits per heavy atom. The van der Waals surface area contributed by atoms with E-state index < -0.39 is 0 Å². The van der Waals surface area contributed by atoms with Crippen LogP contribution < -0.4 is 0 Å². The molecule has 0 aliphatic heterocycles. The van der Waals surface area contributed by atoms with Crippen LogP contribution in [0.15, 0.2) is 23.3 Å². The first-order valence-corrected chi connectivity index (χ1v) is 13.6. The van der Waals surface area contributed by atoms with Crippen molar-refractivity contribution in [3.8, 4) is 0 Å². The fourth-order valence-electron chi connectivity index (χ4n) is 8.14. The summed E-state index contributed by atoms with van der Waals surface area (Å²) in [4.78, 5) is 25.0. The van der Waals surface area contributed by atoms with Crippen molar-refractivity contribution in [1.29, 1.82) is 0 Å². The van der Waals surface area contributed by atoms with Crippen molar-refractivity contribution in [1.82, 2.24) is 0 Å². The molecule has 0 spiro atoms. The third kappa shape index (κ3) is 4.27. The molecule has 0 aromatic heterocycles. The maximum Gasteiger partial charge on any atom is 0.302 e. The number of esters is 1. The van der Waals surface area contributed by atoms with Gasteiger partial charge in [-0.15, -0.1) is 0 Å². The third-order valence-corrected chi connectivity index (χ3v) is 10.5. The lowest BCUT2D eigenvalue weighted by Gasteiger charge is -2.56. The van der Waals surface area contributed by atoms with Gasteiger partial charge < -0.3 is 4.74 Å². The molecule has 0 saturated heterocycles. The molecular weight excluding hydrogens is 408 g/mol. The molecule has 0 unspecified atom stereocenters. The van der Waals surface area contributed by atoms with E-state index in [1.807, 2.05) is 0 Å². The minimum atomic E-state index is -0.149. The van der Waals surface area contributed by atoms with Gasteiger partial charge in [0.05, 0.1) is 0 Å². The second kappa shape index (κ2) is 9.00. The predicted molar refractivity (Wildman–Crippen MR) is 134 cm³/mol. The SMILES string of the molecule is CC(=O)O[C@H]1CC[C@@]2(C)[C@@H](CCC3=C4C(=O)C[C@H]([C@H](C)/C=C/[C@@H](C)C(C)C)[C@@]4(C)CC[C@@H]32)C1. The summed E-state index contributed by atoms with van der Waals surface area (Å²) in [7, 11) is 0. The third-order valence-electron chi connectivity index (χ3n) is 10.5. The number of ether oxygens (including phenoxy) is 1. The number of hydrogen-bond donors (Lipinski definition) is 0. The van der Waals surface area contributed by atoms with Gasteiger partial charge in [0, 0.05) is 18.9 Å². The minimum absolute atomic E-state index is 0.0336. The molecule has 33 heavy (non-hydrogen) atoms. The zero-order valence-electron chi connectivity index (χ0n) is 22.1. The first-order chi connectivity index (χ1) is 15.5. The van der Waals surface area contributed by atoms with Crippen molar-refractivity contribution in [2.75, 3.05) is 0 Å². The summed E-state index contributed by atoms with van der Waals surface area (Å²) < 4.78 is 5.61. The number of allylic oxidation sites excluding steroid dienone is 4. The Morgan fingerprint density at radius 1 is 1.06 bits per heavy atom. The highest BCUT2D eigenvalue weighted by molar-refractivity contribution is 6.00. The van der Waals surface area contributed by atoms with Crippen molar-refractivity contribution < 1.29 is 14.3 Å². The molecule has 4 aliphatic rings. The van der Waals surface area contributed by atoms with Crippen molar-refractivity contribution in [3.05, 3.63) is 23.3 Å². The van der Waals surface area contributed by atoms with E-state index in [2.05, 4.69) is 53.7 Å². The standard InChI is InChI=1S/C30H46O3/c1-18(2)19(3)8-9-20(4)26-17-27(32)28-24-11-10-22-16-23(33-21(5)31)12-14-29(22,6)25(24)13-15-30(26,28)7/h8-9,18-20,22-23,25-26H,10-17H2,1-7H3/b9-8+/t19-,20-,22+,23+,25+,26-,29+,30-/m1/s1. The fraction of sp³-hybridized carbons (Fsp3) is 0.800. The van der Waals surface area contributed by atoms with Crippen LogP contribution in [0.5, 0.6) is 0 Å². The molecule has 0 aromatic rings. The molecule has 3 nitrogen and oxygen atoms in total. The van der Waals surface area contributed by atoms with Gasteiger partial charge in [0.25, 0.3) is 0 Å². The minimum Gasteiger partial charge on any atom is -0.463 e. The lowest BCUT2D eigenvalue weighted by molar-refractivity contribution is -0.152. The summed E-state index contributed by atoms with van der Waals surface area (Å²) in [5, 5.41) is 0. The van der Waals surface area contributed by atoms with Crippen LogP contribution in [0.2, 0.25) is 0 Å². The van der Waals surface area contributed by atoms with Gasteiger partial charge in [-0.05, 0) is 91.3 Å². The van der Waals surface area contributed by atoms with Crippen molar-refractivity contribution in [2.45, 2.75) is 106 Å². The molecule has 4 rings (SSSR count). The molecule has 8 atom stereocenters. The summed E-state index contributed by atoms with van der Waals surface area (Å²) >= 11 is 0. The van der Waals surface area contributed by atoms with Crippen molar-refractivity contribution >= 4 is 11.8 Å². The molecule has 3 fully saturated rings. The van der Waals surface area contributed by atoms with Crippen LogP contribution in [-0.2, 0) is 14.3 Å². The van der Waals surface area contributed by atoms with Crippen molar-refractivity contribution in [2.24, 2.45) is 46.3 Å². The van der Waals surface area contributed by atoms with Gasteiger partial charge in [-0.25, -0.2) is 0 Å². The number of Topliss-reactive ketones (excluding diaryl/α,β-unsaturated/α-hetero) is 1. The smallest absolute Gasteiger partial charge is 0.302 e. The van der Waals surface area contributed by atoms with Crippen LogP contribution in [0, 0.1) is 46.3 Å². The summed E-state index contributed by atoms with van der Waals surface area (Å²) in [6.45, 7) is 15.6. The van der Waals surface area contributed by atoms with Crippen LogP contribution in [-0.4, -0.2) is 17.9 Å². The monoisotopic (exact) mass is 454 g/mol. The van der Waals surface area contributed by atoms with Crippen LogP contribution in [0.1, 0.15) is 99.8 Å². The zero-order chi connectivity index (χ0) is 24.1. The first kappa shape index (κ1) is 24.7. The number of carbonyl (C=O) groups is 2. The van der Waals surface area contributed by atoms with E-state index in [0.717, 1.165) is 44.9 Å². The number of fused-ring (bicyclic) bond motifs is 4. The average molecular weight is 455 g/mol. The van der Waals surface area contributed by atoms with E-state index >= 15 is 0 Å². The average Bonchev–Trinajstić information content (AvgIpc) is 3.02. The first-order valence-electron chi connectivity index (χ1n) is 13.6. The Balaban J connectivity index is 1.59. The number of carbonyl (C=O) groups excluding carboxylic acids is 2. The second-order valence-electron chi connectivity index (χ2n) is 12.7. The van der Waals surface area contributed by atoms with Gasteiger partial charge >= 0.3 is 5.97 Å². The molecule has 0 bridgehead atoms. The number of ketones is 1. The molecule has 0 amide bonds. The van der Waals surface area contributed by atoms with Gasteiger partial charge in [0.15, 0.2) is 5.78 Å². The second-order valence-corrected chi connectivity index (χ2v) is 12.7. The van der Waals surface area contributed by atoms with Gasteiger partial charge in [0.2, 0.25) is 0 Å². The fourth-order valence-corrected chi connectivity index (χ4v) is 8.14. The highest BCUT2D eigenvalue weighted by Crippen LogP contribution is 2.65. The summed E-state index contributed by atoms with van der Waals surface area (Å²) in [5.41, 5.74) is 3.04. The highest BCUT2D eigenvalue weighted by Gasteiger charge is 2.58. The maximum absolute atomic E-state index is 13.5. The summed E-state index contributed by atoms with van der Waals surface area (Å²) in [5.74, 6) is 3.50. The van der Waals surface area contributed by atoms with Gasteiger partial charge in [-0.1, -0.05) is 59.3 Å². The Morgan fingerprint density at radius 2 is 1.79 bits per heavy atom. The Bertz CT molecular complexity index is 851. The highest BCUT2D eigenvalue weighted by atomic mass is 16.5. The van der Waals surface area contributed by atoms with Crippen LogP contribution >= 0.6 is 0 Å². The van der Waals surface area contributed by atoms with E-state index in [0.29, 0.717) is 41.3 Å². The molecule has 4 aliphatic carbocycles. The summed E-state index contributed by atoms with van der Waals surface area (Å²) in [6.07, 6.45) is 13.2. The Hall–Kier alpha value is -1.38. The predicted octanol–water partition coefficient (Wildman–Crippen LogP) is 7.30. The van der Waals surface area contributed by atoms with E-state index in [-0.39, 0.29) is 22.9 Å². The molecule has 184 valence electrons. The largest absolute Gasteiger partial charge is 0.463 e. The van der Waals surface area contributed by atoms with Crippen molar-refractivity contribution in [3.63, 3.8) is 0 Å². The molecule has 0 aromatic carbocycles. The van der Waals surface area contributed by atoms with Gasteiger partial charge in [0.1, 0.15) is 6.10 Å². The molecule has 0 N–H and O–H groups in total. The molecule has 3 heteroatoms. The van der Waals surface area contributed by atoms with Crippen LogP contribution in [0.3, 0.4) is 0 Å². The van der Waals surface area contributed by atoms with E-state index in [1.165, 1.54) is 24.5 Å². The van der Waals surface area contributed by atoms with Gasteiger partial charge in [-0.3, -0.25) is 9.59 Å². The van der Waals surface area contributed by atoms with Crippen LogP contribution in [0.25, 0.3) is 0 Å². The molecule has 0 heterocycles. The maximum atomic E-state index is 13.5. The van der Waals surface area contributed by atoms with E-state index in [1.54, 1.807) is 0 Å². The zero-order valence-corrected chi connectivity index (χ0v) is 22.1. The lowest BCUT2D eigenvalue weighted by atomic mass is 9.49. The van der Waals surface area contributed by atoms with Gasteiger partial charge in [-0.2, -0.15) is 0 Å². The van der Waals surface area contributed by atoms with E-state index in [4.69, 9.17) is 4.74 Å². The Kier molecular flexibility index (Phi) is 6.75. The van der Waals surface area contributed by atoms with Crippen LogP contribution in [0.4, 0.5) is 0 Å². The molecule has 0 radical (unpaired) electrons. The number of hydrogen-bond acceptors (Lipinski definition) is 3. The molecular formula is C30H46O3. The quantitative estimate of drug-likeness (QED) is 0.323. The molecule has 3 saturated carbocycles. The normalized spacial score (nSPS) is 40.4. The Labute approximate surface area is 201 Å². The lowest BCUT2D eigenvalue weighted by Crippen LogP contribution is -2.49. The summed E-state index contributed by atoms with van der Waals surface area (Å²) in [6, 6.07) is 0. The van der Waals surface area contributed by atoms with E-state index in [9.17, 15) is 9.59 Å².